The van der Waals surface area contributed by atoms with Gasteiger partial charge in [-0.2, -0.15) is 0 Å². The number of thiophene rings is 1. The molecule has 0 fully saturated rings. The van der Waals surface area contributed by atoms with Gasteiger partial charge in [-0.15, -0.1) is 11.3 Å². The normalized spacial score (nSPS) is 12.9. The van der Waals surface area contributed by atoms with Crippen LogP contribution >= 0.6 is 11.3 Å². The maximum absolute atomic E-state index is 9.56. The quantitative estimate of drug-likeness (QED) is 0.161. The van der Waals surface area contributed by atoms with Crippen LogP contribution in [-0.4, -0.2) is 19.5 Å². The molecule has 0 aliphatic carbocycles. The van der Waals surface area contributed by atoms with Gasteiger partial charge in [-0.25, -0.2) is 15.0 Å². The summed E-state index contributed by atoms with van der Waals surface area (Å²) >= 11 is 1.23. The predicted octanol–water partition coefficient (Wildman–Crippen LogP) is 15.3. The molecular formula is C57H36N4S. The second-order valence-corrected chi connectivity index (χ2v) is 16.1. The van der Waals surface area contributed by atoms with Crippen molar-refractivity contribution in [3.63, 3.8) is 0 Å². The number of rotatable bonds is 7. The predicted molar refractivity (Wildman–Crippen MR) is 260 cm³/mol. The summed E-state index contributed by atoms with van der Waals surface area (Å²) in [4.78, 5) is 15.5. The SMILES string of the molecule is [2H]c1cc([2H])c2sc3c(-c4ccc(-c5nc(-c6ccc(-c7ccccc7)cc6)nc(-c6ccc(-c7ccccc7)cc6)n5)cc4-n4c5ccccc5c5ccccc54)c([2H])c([2H])c([2H])c3c2c1[2H]. The standard InChI is InChI=1S/C57H36N4S/c1-3-14-37(15-4-1)39-26-30-41(31-27-39)55-58-56(42-32-28-40(29-33-42)38-16-5-2-6-17-38)60-57(59-55)43-34-35-46(48-21-13-22-49-47-20-9-12-25-53(47)62-54(48)49)52(36-43)61-50-23-10-7-18-44(50)45-19-8-11-24-51(45)61/h1-36H/i9D,13D,20D,21D,22D,25D. The number of nitrogens with zero attached hydrogens (tertiary/aromatic N) is 4. The van der Waals surface area contributed by atoms with Crippen molar-refractivity contribution in [2.45, 2.75) is 0 Å². The Balaban J connectivity index is 1.12. The Morgan fingerprint density at radius 2 is 0.855 bits per heavy atom. The zero-order valence-electron chi connectivity index (χ0n) is 39.0. The van der Waals surface area contributed by atoms with Crippen molar-refractivity contribution in [2.75, 3.05) is 0 Å². The van der Waals surface area contributed by atoms with Gasteiger partial charge in [-0.3, -0.25) is 0 Å². The van der Waals surface area contributed by atoms with Crippen LogP contribution in [0, 0.1) is 0 Å². The molecule has 290 valence electrons. The van der Waals surface area contributed by atoms with Crippen LogP contribution in [0.2, 0.25) is 0 Å². The Labute approximate surface area is 371 Å². The average Bonchev–Trinajstić information content (AvgIpc) is 3.96. The summed E-state index contributed by atoms with van der Waals surface area (Å²) in [6, 6.07) is 59.6. The number of aromatic nitrogens is 4. The summed E-state index contributed by atoms with van der Waals surface area (Å²) in [7, 11) is 0. The molecule has 0 radical (unpaired) electrons. The molecule has 0 unspecified atom stereocenters. The third kappa shape index (κ3) is 6.18. The lowest BCUT2D eigenvalue weighted by molar-refractivity contribution is 1.07. The summed E-state index contributed by atoms with van der Waals surface area (Å²) in [6.45, 7) is 0. The molecule has 0 aliphatic rings. The minimum atomic E-state index is -0.297. The van der Waals surface area contributed by atoms with Crippen molar-refractivity contribution < 1.29 is 8.22 Å². The average molecular weight is 815 g/mol. The van der Waals surface area contributed by atoms with Crippen molar-refractivity contribution in [3.05, 3.63) is 218 Å². The van der Waals surface area contributed by atoms with E-state index in [1.165, 1.54) is 17.4 Å². The van der Waals surface area contributed by atoms with Crippen molar-refractivity contribution in [1.82, 2.24) is 19.5 Å². The molecule has 4 nitrogen and oxygen atoms in total. The van der Waals surface area contributed by atoms with E-state index in [1.54, 1.807) is 0 Å². The summed E-state index contributed by atoms with van der Waals surface area (Å²) in [6.07, 6.45) is 0. The van der Waals surface area contributed by atoms with E-state index < -0.39 is 0 Å². The van der Waals surface area contributed by atoms with E-state index in [0.717, 1.165) is 55.2 Å². The molecule has 5 heteroatoms. The van der Waals surface area contributed by atoms with Gasteiger partial charge in [0.1, 0.15) is 0 Å². The maximum atomic E-state index is 9.56. The molecule has 0 saturated carbocycles. The van der Waals surface area contributed by atoms with Gasteiger partial charge in [0.25, 0.3) is 0 Å². The smallest absolute Gasteiger partial charge is 0.164 e. The summed E-state index contributed by atoms with van der Waals surface area (Å²) in [5.41, 5.74) is 10.2. The largest absolute Gasteiger partial charge is 0.309 e. The highest BCUT2D eigenvalue weighted by Gasteiger charge is 2.21. The first-order valence-corrected chi connectivity index (χ1v) is 21.2. The molecule has 12 aromatic rings. The van der Waals surface area contributed by atoms with Crippen molar-refractivity contribution in [3.8, 4) is 73.2 Å². The molecular weight excluding hydrogens is 773 g/mol. The van der Waals surface area contributed by atoms with Crippen LogP contribution in [0.25, 0.3) is 115 Å². The van der Waals surface area contributed by atoms with Gasteiger partial charge in [0, 0.05) is 58.8 Å². The first-order chi connectivity index (χ1) is 33.2. The molecule has 0 amide bonds. The molecule has 3 aromatic heterocycles. The van der Waals surface area contributed by atoms with Crippen LogP contribution in [0.3, 0.4) is 0 Å². The van der Waals surface area contributed by atoms with E-state index in [1.807, 2.05) is 103 Å². The molecule has 0 saturated heterocycles. The Kier molecular flexibility index (Phi) is 7.25. The van der Waals surface area contributed by atoms with E-state index >= 15 is 0 Å². The summed E-state index contributed by atoms with van der Waals surface area (Å²) < 4.78 is 57.2. The Morgan fingerprint density at radius 3 is 1.45 bits per heavy atom. The number of para-hydroxylation sites is 2. The molecule has 3 heterocycles. The van der Waals surface area contributed by atoms with Crippen molar-refractivity contribution in [1.29, 1.82) is 0 Å². The van der Waals surface area contributed by atoms with E-state index in [9.17, 15) is 1.37 Å². The van der Waals surface area contributed by atoms with Gasteiger partial charge in [-0.1, -0.05) is 194 Å². The minimum absolute atomic E-state index is 0.0643. The zero-order chi connectivity index (χ0) is 46.2. The second-order valence-electron chi connectivity index (χ2n) is 15.1. The molecule has 0 atom stereocenters. The van der Waals surface area contributed by atoms with Gasteiger partial charge in [-0.05, 0) is 46.5 Å². The Bertz CT molecular complexity index is 3810. The van der Waals surface area contributed by atoms with E-state index in [4.69, 9.17) is 21.8 Å². The molecule has 0 bridgehead atoms. The van der Waals surface area contributed by atoms with E-state index in [0.29, 0.717) is 54.6 Å². The Morgan fingerprint density at radius 1 is 0.371 bits per heavy atom. The molecule has 12 rings (SSSR count). The van der Waals surface area contributed by atoms with Gasteiger partial charge in [0.05, 0.1) is 24.9 Å². The molecule has 9 aromatic carbocycles. The molecule has 0 N–H and O–H groups in total. The number of benzene rings is 9. The number of hydrogen-bond acceptors (Lipinski definition) is 4. The van der Waals surface area contributed by atoms with Crippen LogP contribution in [0.1, 0.15) is 8.22 Å². The third-order valence-electron chi connectivity index (χ3n) is 11.5. The Hall–Kier alpha value is -7.99. The zero-order valence-corrected chi connectivity index (χ0v) is 33.8. The van der Waals surface area contributed by atoms with E-state index in [2.05, 4.69) is 77.4 Å². The van der Waals surface area contributed by atoms with Crippen LogP contribution in [-0.2, 0) is 0 Å². The van der Waals surface area contributed by atoms with Crippen molar-refractivity contribution in [2.24, 2.45) is 0 Å². The number of fused-ring (bicyclic) bond motifs is 6. The van der Waals surface area contributed by atoms with Crippen LogP contribution < -0.4 is 0 Å². The van der Waals surface area contributed by atoms with Gasteiger partial charge < -0.3 is 4.57 Å². The molecule has 0 aliphatic heterocycles. The van der Waals surface area contributed by atoms with Crippen LogP contribution in [0.15, 0.2) is 218 Å². The van der Waals surface area contributed by atoms with Crippen LogP contribution in [0.5, 0.6) is 0 Å². The second kappa shape index (κ2) is 14.9. The fourth-order valence-electron chi connectivity index (χ4n) is 8.46. The van der Waals surface area contributed by atoms with Crippen LogP contribution in [0.4, 0.5) is 0 Å². The van der Waals surface area contributed by atoms with Gasteiger partial charge >= 0.3 is 0 Å². The lowest BCUT2D eigenvalue weighted by Crippen LogP contribution is -2.02. The first kappa shape index (κ1) is 30.1. The van der Waals surface area contributed by atoms with Gasteiger partial charge in [0.2, 0.25) is 0 Å². The maximum Gasteiger partial charge on any atom is 0.164 e. The highest BCUT2D eigenvalue weighted by molar-refractivity contribution is 7.26. The van der Waals surface area contributed by atoms with E-state index in [-0.39, 0.29) is 41.6 Å². The summed E-state index contributed by atoms with van der Waals surface area (Å²) in [5.74, 6) is 1.42. The van der Waals surface area contributed by atoms with Crippen molar-refractivity contribution >= 4 is 53.3 Å². The summed E-state index contributed by atoms with van der Waals surface area (Å²) in [5, 5.41) is 2.65. The topological polar surface area (TPSA) is 43.6 Å². The lowest BCUT2D eigenvalue weighted by atomic mass is 9.98. The monoisotopic (exact) mass is 814 g/mol. The highest BCUT2D eigenvalue weighted by atomic mass is 32.1. The highest BCUT2D eigenvalue weighted by Crippen LogP contribution is 2.44. The fraction of sp³-hybridized carbons (Fsp3) is 0. The molecule has 0 spiro atoms. The lowest BCUT2D eigenvalue weighted by Gasteiger charge is -2.17. The van der Waals surface area contributed by atoms with Gasteiger partial charge in [0.15, 0.2) is 17.5 Å². The minimum Gasteiger partial charge on any atom is -0.309 e. The fourth-order valence-corrected chi connectivity index (χ4v) is 9.55. The molecule has 62 heavy (non-hydrogen) atoms. The third-order valence-corrected chi connectivity index (χ3v) is 12.6. The first-order valence-electron chi connectivity index (χ1n) is 23.4. The number of hydrogen-bond donors (Lipinski definition) is 0.